The average molecular weight is 249 g/mol. The Balaban J connectivity index is 2.00. The summed E-state index contributed by atoms with van der Waals surface area (Å²) in [4.78, 5) is 5.36. The zero-order valence-corrected chi connectivity index (χ0v) is 10.7. The van der Waals surface area contributed by atoms with Gasteiger partial charge < -0.3 is 10.3 Å². The first-order chi connectivity index (χ1) is 8.16. The molecule has 2 aromatic rings. The summed E-state index contributed by atoms with van der Waals surface area (Å²) in [5.41, 5.74) is 6.64. The summed E-state index contributed by atoms with van der Waals surface area (Å²) in [7, 11) is 0. The maximum absolute atomic E-state index is 5.85. The Morgan fingerprint density at radius 3 is 2.76 bits per heavy atom. The molecule has 0 aliphatic carbocycles. The van der Waals surface area contributed by atoms with Crippen molar-refractivity contribution in [2.45, 2.75) is 30.4 Å². The lowest BCUT2D eigenvalue weighted by molar-refractivity contribution is 0.362. The summed E-state index contributed by atoms with van der Waals surface area (Å²) in [6, 6.07) is 7.76. The first-order valence-electron chi connectivity index (χ1n) is 5.46. The molecule has 17 heavy (non-hydrogen) atoms. The molecule has 2 N–H and O–H groups in total. The number of thioether (sulfide) groups is 1. The molecule has 4 nitrogen and oxygen atoms in total. The number of benzene rings is 1. The molecule has 0 atom stereocenters. The van der Waals surface area contributed by atoms with Gasteiger partial charge in [-0.1, -0.05) is 31.1 Å². The lowest BCUT2D eigenvalue weighted by Crippen LogP contribution is -1.90. The van der Waals surface area contributed by atoms with Crippen LogP contribution in [-0.2, 0) is 5.75 Å². The lowest BCUT2D eigenvalue weighted by Gasteiger charge is -2.01. The molecule has 0 saturated heterocycles. The van der Waals surface area contributed by atoms with Crippen LogP contribution in [0.5, 0.6) is 0 Å². The quantitative estimate of drug-likeness (QED) is 0.666. The molecule has 1 aromatic carbocycles. The smallest absolute Gasteiger partial charge is 0.229 e. The van der Waals surface area contributed by atoms with Crippen LogP contribution in [0.15, 0.2) is 33.7 Å². The number of aromatic nitrogens is 2. The minimum Gasteiger partial charge on any atom is -0.398 e. The fourth-order valence-corrected chi connectivity index (χ4v) is 2.13. The highest BCUT2D eigenvalue weighted by atomic mass is 32.2. The Labute approximate surface area is 105 Å². The maximum atomic E-state index is 5.85. The molecule has 0 bridgehead atoms. The molecule has 2 rings (SSSR count). The van der Waals surface area contributed by atoms with Crippen LogP contribution in [0.3, 0.4) is 0 Å². The molecular weight excluding hydrogens is 234 g/mol. The molecule has 0 unspecified atom stereocenters. The first-order valence-corrected chi connectivity index (χ1v) is 6.45. The van der Waals surface area contributed by atoms with Gasteiger partial charge >= 0.3 is 0 Å². The molecular formula is C12H15N3OS. The molecule has 0 radical (unpaired) electrons. The molecule has 5 heteroatoms. The third kappa shape index (κ3) is 3.00. The van der Waals surface area contributed by atoms with Crippen LogP contribution < -0.4 is 5.73 Å². The highest BCUT2D eigenvalue weighted by Crippen LogP contribution is 2.27. The van der Waals surface area contributed by atoms with E-state index in [0.717, 1.165) is 10.6 Å². The van der Waals surface area contributed by atoms with Crippen LogP contribution in [0.1, 0.15) is 31.5 Å². The van der Waals surface area contributed by atoms with Crippen molar-refractivity contribution >= 4 is 17.4 Å². The third-order valence-corrected chi connectivity index (χ3v) is 3.34. The van der Waals surface area contributed by atoms with Crippen LogP contribution in [0.2, 0.25) is 0 Å². The van der Waals surface area contributed by atoms with Gasteiger partial charge in [-0.05, 0) is 12.1 Å². The summed E-state index contributed by atoms with van der Waals surface area (Å²) in [5, 5.41) is 3.93. The molecule has 0 aliphatic heterocycles. The topological polar surface area (TPSA) is 64.9 Å². The predicted molar refractivity (Wildman–Crippen MR) is 68.8 cm³/mol. The van der Waals surface area contributed by atoms with Crippen molar-refractivity contribution in [3.63, 3.8) is 0 Å². The van der Waals surface area contributed by atoms with Gasteiger partial charge in [-0.3, -0.25) is 0 Å². The molecule has 0 saturated carbocycles. The number of nitrogens with two attached hydrogens (primary N) is 1. The van der Waals surface area contributed by atoms with Gasteiger partial charge in [0.25, 0.3) is 0 Å². The Kier molecular flexibility index (Phi) is 3.68. The molecule has 1 heterocycles. The van der Waals surface area contributed by atoms with E-state index < -0.39 is 0 Å². The second-order valence-corrected chi connectivity index (χ2v) is 5.05. The average Bonchev–Trinajstić information content (AvgIpc) is 2.77. The van der Waals surface area contributed by atoms with Gasteiger partial charge in [0.15, 0.2) is 5.82 Å². The Bertz CT molecular complexity index is 496. The molecule has 0 fully saturated rings. The highest BCUT2D eigenvalue weighted by molar-refractivity contribution is 7.98. The van der Waals surface area contributed by atoms with Gasteiger partial charge in [0.05, 0.1) is 5.75 Å². The van der Waals surface area contributed by atoms with E-state index in [0.29, 0.717) is 17.5 Å². The van der Waals surface area contributed by atoms with E-state index in [-0.39, 0.29) is 5.92 Å². The normalized spacial score (nSPS) is 11.0. The SMILES string of the molecule is CC(C)c1nc(CSc2ccccc2N)no1. The summed E-state index contributed by atoms with van der Waals surface area (Å²) in [6.07, 6.45) is 0. The maximum Gasteiger partial charge on any atom is 0.229 e. The number of anilines is 1. The summed E-state index contributed by atoms with van der Waals surface area (Å²) >= 11 is 1.62. The van der Waals surface area contributed by atoms with E-state index in [1.807, 2.05) is 38.1 Å². The van der Waals surface area contributed by atoms with E-state index in [4.69, 9.17) is 10.3 Å². The minimum atomic E-state index is 0.267. The fraction of sp³-hybridized carbons (Fsp3) is 0.333. The van der Waals surface area contributed by atoms with Gasteiger partial charge in [0.1, 0.15) is 0 Å². The van der Waals surface area contributed by atoms with Gasteiger partial charge in [0, 0.05) is 16.5 Å². The van der Waals surface area contributed by atoms with Gasteiger partial charge in [-0.25, -0.2) is 0 Å². The number of nitrogen functional groups attached to an aromatic ring is 1. The Morgan fingerprint density at radius 1 is 1.35 bits per heavy atom. The van der Waals surface area contributed by atoms with Crippen LogP contribution in [0.4, 0.5) is 5.69 Å². The number of rotatable bonds is 4. The van der Waals surface area contributed by atoms with Crippen molar-refractivity contribution in [3.8, 4) is 0 Å². The van der Waals surface area contributed by atoms with E-state index >= 15 is 0 Å². The van der Waals surface area contributed by atoms with Gasteiger partial charge in [-0.15, -0.1) is 11.8 Å². The predicted octanol–water partition coefficient (Wildman–Crippen LogP) is 3.07. The standard InChI is InChI=1S/C12H15N3OS/c1-8(2)12-14-11(15-16-12)7-17-10-6-4-3-5-9(10)13/h3-6,8H,7,13H2,1-2H3. The largest absolute Gasteiger partial charge is 0.398 e. The van der Waals surface area contributed by atoms with Crippen molar-refractivity contribution in [1.29, 1.82) is 0 Å². The van der Waals surface area contributed by atoms with Crippen LogP contribution >= 0.6 is 11.8 Å². The third-order valence-electron chi connectivity index (χ3n) is 2.25. The second kappa shape index (κ2) is 5.23. The van der Waals surface area contributed by atoms with Crippen molar-refractivity contribution < 1.29 is 4.52 Å². The Hall–Kier alpha value is -1.49. The second-order valence-electron chi connectivity index (χ2n) is 4.03. The van der Waals surface area contributed by atoms with E-state index in [9.17, 15) is 0 Å². The molecule has 0 spiro atoms. The van der Waals surface area contributed by atoms with Crippen molar-refractivity contribution in [2.24, 2.45) is 0 Å². The van der Waals surface area contributed by atoms with Crippen molar-refractivity contribution in [3.05, 3.63) is 36.0 Å². The van der Waals surface area contributed by atoms with Gasteiger partial charge in [0.2, 0.25) is 5.89 Å². The van der Waals surface area contributed by atoms with Crippen molar-refractivity contribution in [2.75, 3.05) is 5.73 Å². The first kappa shape index (κ1) is 12.0. The molecule has 0 amide bonds. The van der Waals surface area contributed by atoms with E-state index in [1.165, 1.54) is 0 Å². The van der Waals surface area contributed by atoms with Crippen LogP contribution in [-0.4, -0.2) is 10.1 Å². The minimum absolute atomic E-state index is 0.267. The zero-order chi connectivity index (χ0) is 12.3. The monoisotopic (exact) mass is 249 g/mol. The van der Waals surface area contributed by atoms with E-state index in [1.54, 1.807) is 11.8 Å². The number of nitrogens with zero attached hydrogens (tertiary/aromatic N) is 2. The zero-order valence-electron chi connectivity index (χ0n) is 9.88. The number of hydrogen-bond donors (Lipinski definition) is 1. The number of para-hydroxylation sites is 1. The molecule has 1 aromatic heterocycles. The highest BCUT2D eigenvalue weighted by Gasteiger charge is 2.10. The molecule has 0 aliphatic rings. The summed E-state index contributed by atoms with van der Waals surface area (Å²) in [6.45, 7) is 4.05. The van der Waals surface area contributed by atoms with Crippen LogP contribution in [0, 0.1) is 0 Å². The van der Waals surface area contributed by atoms with E-state index in [2.05, 4.69) is 10.1 Å². The fourth-order valence-electron chi connectivity index (χ4n) is 1.31. The molecule has 90 valence electrons. The van der Waals surface area contributed by atoms with Gasteiger partial charge in [-0.2, -0.15) is 4.98 Å². The Morgan fingerprint density at radius 2 is 2.12 bits per heavy atom. The lowest BCUT2D eigenvalue weighted by atomic mass is 10.2. The van der Waals surface area contributed by atoms with Crippen molar-refractivity contribution in [1.82, 2.24) is 10.1 Å². The summed E-state index contributed by atoms with van der Waals surface area (Å²) in [5.74, 6) is 2.33. The summed E-state index contributed by atoms with van der Waals surface area (Å²) < 4.78 is 5.14. The van der Waals surface area contributed by atoms with Crippen LogP contribution in [0.25, 0.3) is 0 Å². The number of hydrogen-bond acceptors (Lipinski definition) is 5.